The normalized spacial score (nSPS) is 60.1. The van der Waals surface area contributed by atoms with E-state index in [-0.39, 0.29) is 0 Å². The van der Waals surface area contributed by atoms with Crippen LogP contribution in [0.2, 0.25) is 0 Å². The quantitative estimate of drug-likeness (QED) is 0.241. The summed E-state index contributed by atoms with van der Waals surface area (Å²) < 4.78 is 112. The first-order chi connectivity index (χ1) is 14.4. The minimum Gasteiger partial charge on any atom is -0.302 e. The maximum absolute atomic E-state index is 12.1. The van der Waals surface area contributed by atoms with Gasteiger partial charge in [0.15, 0.2) is 6.10 Å². The van der Waals surface area contributed by atoms with Gasteiger partial charge in [0.1, 0.15) is 30.5 Å². The maximum atomic E-state index is 12.1. The third-order valence-corrected chi connectivity index (χ3v) is 11.6. The lowest BCUT2D eigenvalue weighted by Gasteiger charge is -2.43. The monoisotopic (exact) mass is 589 g/mol. The molecule has 4 fully saturated rings. The lowest BCUT2D eigenvalue weighted by molar-refractivity contribution is -0.183. The molecule has 4 rings (SSSR count). The zero-order valence-electron chi connectivity index (χ0n) is 14.5. The fourth-order valence-electron chi connectivity index (χ4n) is 3.17. The summed E-state index contributed by atoms with van der Waals surface area (Å²) in [6, 6.07) is 0. The van der Waals surface area contributed by atoms with E-state index in [0.717, 1.165) is 0 Å². The lowest BCUT2D eigenvalue weighted by Crippen LogP contribution is -2.65. The van der Waals surface area contributed by atoms with E-state index in [9.17, 15) is 51.9 Å². The van der Waals surface area contributed by atoms with Gasteiger partial charge in [-0.3, -0.25) is 27.5 Å². The summed E-state index contributed by atoms with van der Waals surface area (Å²) in [5, 5.41) is 0. The molecule has 0 aromatic carbocycles. The van der Waals surface area contributed by atoms with Crippen LogP contribution in [0.25, 0.3) is 0 Å². The average Bonchev–Trinajstić information content (AvgIpc) is 2.76. The van der Waals surface area contributed by atoms with Gasteiger partial charge in [0, 0.05) is 4.57 Å². The van der Waals surface area contributed by atoms with Crippen LogP contribution in [0.5, 0.6) is 0 Å². The molecule has 3 saturated heterocycles. The van der Waals surface area contributed by atoms with E-state index < -0.39 is 84.0 Å². The standard InChI is InChI=1S/C6H10O20P6/c7-27-18-1-2(19-28(8,9)24-27)4-6(23-32(16,17)26-30(12,13)21-4)5-3(1)20-29(10,11)25-31(14,15)22-5/h1-6H,(H4-,8,9,10,11,12,13,14,15,16,17)/p+1. The molecule has 5 N–H and O–H groups in total. The van der Waals surface area contributed by atoms with Crippen molar-refractivity contribution in [2.75, 3.05) is 0 Å². The summed E-state index contributed by atoms with van der Waals surface area (Å²) in [5.74, 6) is 0. The van der Waals surface area contributed by atoms with Gasteiger partial charge in [0.25, 0.3) is 0 Å². The highest BCUT2D eigenvalue weighted by Gasteiger charge is 2.69. The number of phosphoric ester groups is 5. The van der Waals surface area contributed by atoms with Crippen LogP contribution < -0.4 is 0 Å². The predicted octanol–water partition coefficient (Wildman–Crippen LogP) is 0.561. The molecule has 3 heterocycles. The Balaban J connectivity index is 1.90. The summed E-state index contributed by atoms with van der Waals surface area (Å²) in [6.07, 6.45) is -13.5. The predicted molar refractivity (Wildman–Crippen MR) is 89.2 cm³/mol. The molecule has 26 heteroatoms. The number of rotatable bonds is 0. The number of hydrogen-bond donors (Lipinski definition) is 5. The first-order valence-corrected chi connectivity index (χ1v) is 16.3. The third kappa shape index (κ3) is 5.41. The van der Waals surface area contributed by atoms with Crippen LogP contribution in [-0.2, 0) is 67.5 Å². The molecule has 20 nitrogen and oxygen atoms in total. The minimum atomic E-state index is -5.53. The molecule has 1 aliphatic carbocycles. The van der Waals surface area contributed by atoms with Crippen molar-refractivity contribution in [3.63, 3.8) is 0 Å². The van der Waals surface area contributed by atoms with Crippen molar-refractivity contribution in [3.8, 4) is 0 Å². The molecule has 0 radical (unpaired) electrons. The van der Waals surface area contributed by atoms with E-state index in [1.165, 1.54) is 0 Å². The van der Waals surface area contributed by atoms with Crippen molar-refractivity contribution in [3.05, 3.63) is 0 Å². The highest BCUT2D eigenvalue weighted by Crippen LogP contribution is 2.71. The first-order valence-electron chi connectivity index (χ1n) is 7.70. The summed E-state index contributed by atoms with van der Waals surface area (Å²) in [5.41, 5.74) is 0. The Hall–Kier alpha value is 0.690. The topological polar surface area (TPSA) is 287 Å². The summed E-state index contributed by atoms with van der Waals surface area (Å²) >= 11 is 0. The van der Waals surface area contributed by atoms with Crippen molar-refractivity contribution in [1.29, 1.82) is 0 Å². The largest absolute Gasteiger partial charge is 0.708 e. The Morgan fingerprint density at radius 2 is 0.781 bits per heavy atom. The molecule has 1 saturated carbocycles. The summed E-state index contributed by atoms with van der Waals surface area (Å²) in [6.45, 7) is 0. The molecule has 3 aliphatic heterocycles. The molecule has 0 aromatic heterocycles. The van der Waals surface area contributed by atoms with Gasteiger partial charge in [-0.25, -0.2) is 22.8 Å². The van der Waals surface area contributed by atoms with Crippen molar-refractivity contribution in [1.82, 2.24) is 0 Å². The van der Waals surface area contributed by atoms with E-state index in [1.54, 1.807) is 0 Å². The van der Waals surface area contributed by atoms with Crippen molar-refractivity contribution in [2.24, 2.45) is 0 Å². The molecule has 0 bridgehead atoms. The van der Waals surface area contributed by atoms with Gasteiger partial charge >= 0.3 is 47.4 Å². The van der Waals surface area contributed by atoms with E-state index in [2.05, 4.69) is 31.0 Å². The Kier molecular flexibility index (Phi) is 6.53. The Labute approximate surface area is 176 Å². The van der Waals surface area contributed by atoms with Gasteiger partial charge in [0.05, 0.1) is 0 Å². The van der Waals surface area contributed by atoms with Crippen LogP contribution >= 0.6 is 47.4 Å². The molecule has 0 spiro atoms. The highest BCUT2D eigenvalue weighted by molar-refractivity contribution is 7.62. The van der Waals surface area contributed by atoms with E-state index >= 15 is 0 Å². The fraction of sp³-hybridized carbons (Fsp3) is 1.00. The second-order valence-electron chi connectivity index (χ2n) is 6.23. The van der Waals surface area contributed by atoms with Crippen LogP contribution in [0.4, 0.5) is 0 Å². The molecular formula is C6H11O20P6+. The van der Waals surface area contributed by atoms with Crippen molar-refractivity contribution in [2.45, 2.75) is 36.6 Å². The SMILES string of the molecule is O=[P+]1OC2C(OP(=O)(O)O1)C1OP(=O)(O)OP(=O)(O)OC1C1OP(=O)(O)OP(=O)(O)OC21. The Morgan fingerprint density at radius 1 is 0.500 bits per heavy atom. The second-order valence-corrected chi connectivity index (χ2v) is 14.6. The van der Waals surface area contributed by atoms with Gasteiger partial charge in [0.2, 0.25) is 0 Å². The summed E-state index contributed by atoms with van der Waals surface area (Å²) in [7, 11) is -30.9. The van der Waals surface area contributed by atoms with Crippen LogP contribution in [0, 0.1) is 0 Å². The third-order valence-electron chi connectivity index (χ3n) is 4.01. The molecule has 0 amide bonds. The molecule has 12 atom stereocenters. The zero-order valence-corrected chi connectivity index (χ0v) is 19.9. The molecule has 0 aromatic rings. The lowest BCUT2D eigenvalue weighted by atomic mass is 9.85. The highest BCUT2D eigenvalue weighted by atomic mass is 31.3. The number of phosphoric acid groups is 5. The molecule has 4 aliphatic rings. The maximum Gasteiger partial charge on any atom is 0.708 e. The van der Waals surface area contributed by atoms with Crippen LogP contribution in [0.1, 0.15) is 0 Å². The van der Waals surface area contributed by atoms with Gasteiger partial charge in [-0.15, -0.1) is 4.52 Å². The average molecular weight is 589 g/mol. The fourth-order valence-corrected chi connectivity index (χ4v) is 10.0. The van der Waals surface area contributed by atoms with Crippen molar-refractivity contribution >= 4 is 47.4 Å². The van der Waals surface area contributed by atoms with E-state index in [1.807, 2.05) is 0 Å². The van der Waals surface area contributed by atoms with Gasteiger partial charge in [-0.05, 0) is 4.31 Å². The zero-order chi connectivity index (χ0) is 23.9. The molecule has 32 heavy (non-hydrogen) atoms. The van der Waals surface area contributed by atoms with E-state index in [4.69, 9.17) is 9.05 Å². The number of hydrogen-bond acceptors (Lipinski definition) is 15. The minimum absolute atomic E-state index is 2.14. The second kappa shape index (κ2) is 8.10. The van der Waals surface area contributed by atoms with Crippen LogP contribution in [0.15, 0.2) is 0 Å². The molecule has 184 valence electrons. The molecule has 12 unspecified atom stereocenters. The van der Waals surface area contributed by atoms with Gasteiger partial charge in [-0.2, -0.15) is 8.62 Å². The van der Waals surface area contributed by atoms with Crippen LogP contribution in [-0.4, -0.2) is 61.1 Å². The number of fused-ring (bicyclic) bond motifs is 6. The summed E-state index contributed by atoms with van der Waals surface area (Å²) in [4.78, 5) is 48.5. The van der Waals surface area contributed by atoms with E-state index in [0.29, 0.717) is 0 Å². The van der Waals surface area contributed by atoms with Crippen LogP contribution in [0.3, 0.4) is 0 Å². The van der Waals surface area contributed by atoms with Crippen molar-refractivity contribution < 1.29 is 91.9 Å². The molecular weight excluding hydrogens is 578 g/mol. The smallest absolute Gasteiger partial charge is 0.302 e. The Bertz CT molecular complexity index is 1040. The Morgan fingerprint density at radius 3 is 1.12 bits per heavy atom. The van der Waals surface area contributed by atoms with Gasteiger partial charge < -0.3 is 19.6 Å². The van der Waals surface area contributed by atoms with Gasteiger partial charge in [-0.1, -0.05) is 0 Å². The first kappa shape index (κ1) is 25.8.